The molecule has 1 N–H and O–H groups in total. The zero-order valence-electron chi connectivity index (χ0n) is 11.9. The molecule has 20 heavy (non-hydrogen) atoms. The van der Waals surface area contributed by atoms with Crippen LogP contribution >= 0.6 is 0 Å². The molecule has 1 amide bonds. The van der Waals surface area contributed by atoms with Crippen molar-refractivity contribution in [2.45, 2.75) is 25.9 Å². The molecule has 2 aliphatic rings. The third kappa shape index (κ3) is 2.66. The van der Waals surface area contributed by atoms with Crippen LogP contribution in [0.5, 0.6) is 0 Å². The number of nitrogens with zero attached hydrogens (tertiary/aromatic N) is 2. The van der Waals surface area contributed by atoms with Crippen molar-refractivity contribution in [3.05, 3.63) is 35.9 Å². The Morgan fingerprint density at radius 3 is 2.70 bits per heavy atom. The zero-order chi connectivity index (χ0) is 14.1. The van der Waals surface area contributed by atoms with Crippen molar-refractivity contribution >= 4 is 6.09 Å². The number of benzene rings is 1. The van der Waals surface area contributed by atoms with E-state index in [1.54, 1.807) is 4.90 Å². The number of fused-ring (bicyclic) bond motifs is 2. The van der Waals surface area contributed by atoms with Crippen molar-refractivity contribution in [1.82, 2.24) is 9.80 Å². The van der Waals surface area contributed by atoms with Crippen LogP contribution in [0.3, 0.4) is 0 Å². The molecule has 1 aromatic carbocycles. The van der Waals surface area contributed by atoms with Crippen LogP contribution in [0.4, 0.5) is 4.79 Å². The summed E-state index contributed by atoms with van der Waals surface area (Å²) in [4.78, 5) is 15.4. The van der Waals surface area contributed by atoms with Crippen molar-refractivity contribution in [2.75, 3.05) is 19.6 Å². The van der Waals surface area contributed by atoms with E-state index in [4.69, 9.17) is 0 Å². The van der Waals surface area contributed by atoms with Gasteiger partial charge in [-0.05, 0) is 30.7 Å². The minimum Gasteiger partial charge on any atom is -0.465 e. The lowest BCUT2D eigenvalue weighted by Crippen LogP contribution is -2.57. The van der Waals surface area contributed by atoms with Gasteiger partial charge in [0.15, 0.2) is 0 Å². The third-order valence-corrected chi connectivity index (χ3v) is 4.77. The molecule has 2 saturated heterocycles. The van der Waals surface area contributed by atoms with Gasteiger partial charge in [0.2, 0.25) is 0 Å². The van der Waals surface area contributed by atoms with Gasteiger partial charge >= 0.3 is 6.09 Å². The van der Waals surface area contributed by atoms with Crippen molar-refractivity contribution < 1.29 is 9.90 Å². The average molecular weight is 274 g/mol. The van der Waals surface area contributed by atoms with E-state index in [0.717, 1.165) is 19.6 Å². The Bertz CT molecular complexity index is 477. The Hall–Kier alpha value is -1.55. The van der Waals surface area contributed by atoms with Gasteiger partial charge in [-0.3, -0.25) is 4.90 Å². The summed E-state index contributed by atoms with van der Waals surface area (Å²) >= 11 is 0. The number of hydrogen-bond acceptors (Lipinski definition) is 2. The van der Waals surface area contributed by atoms with Gasteiger partial charge < -0.3 is 10.0 Å². The number of likely N-dealkylation sites (tertiary alicyclic amines) is 2. The van der Waals surface area contributed by atoms with Gasteiger partial charge in [-0.25, -0.2) is 4.79 Å². The second-order valence-corrected chi connectivity index (χ2v) is 6.22. The maximum Gasteiger partial charge on any atom is 0.407 e. The highest BCUT2D eigenvalue weighted by Crippen LogP contribution is 2.33. The van der Waals surface area contributed by atoms with E-state index in [1.165, 1.54) is 12.0 Å². The van der Waals surface area contributed by atoms with Gasteiger partial charge in [-0.2, -0.15) is 0 Å². The third-order valence-electron chi connectivity index (χ3n) is 4.77. The van der Waals surface area contributed by atoms with E-state index in [-0.39, 0.29) is 6.04 Å². The van der Waals surface area contributed by atoms with Crippen LogP contribution < -0.4 is 0 Å². The predicted molar refractivity (Wildman–Crippen MR) is 77.5 cm³/mol. The van der Waals surface area contributed by atoms with Crippen LogP contribution in [0.25, 0.3) is 0 Å². The molecular formula is C16H22N2O2. The normalized spacial score (nSPS) is 30.2. The fourth-order valence-electron chi connectivity index (χ4n) is 3.75. The Morgan fingerprint density at radius 1 is 1.25 bits per heavy atom. The van der Waals surface area contributed by atoms with Crippen LogP contribution in [0.15, 0.2) is 30.3 Å². The molecule has 3 unspecified atom stereocenters. The smallest absolute Gasteiger partial charge is 0.407 e. The molecule has 4 heteroatoms. The molecular weight excluding hydrogens is 252 g/mol. The number of rotatable bonds is 2. The minimum atomic E-state index is -0.760. The van der Waals surface area contributed by atoms with Gasteiger partial charge in [0.25, 0.3) is 0 Å². The fraction of sp³-hybridized carbons (Fsp3) is 0.562. The molecule has 0 spiro atoms. The molecule has 2 bridgehead atoms. The van der Waals surface area contributed by atoms with Gasteiger partial charge in [-0.1, -0.05) is 30.3 Å². The molecule has 0 radical (unpaired) electrons. The van der Waals surface area contributed by atoms with Gasteiger partial charge in [0.1, 0.15) is 0 Å². The Morgan fingerprint density at radius 2 is 2.00 bits per heavy atom. The molecule has 108 valence electrons. The number of carbonyl (C=O) groups is 1. The highest BCUT2D eigenvalue weighted by atomic mass is 16.4. The molecule has 0 saturated carbocycles. The molecule has 2 fully saturated rings. The molecule has 3 atom stereocenters. The van der Waals surface area contributed by atoms with Crippen LogP contribution in [0.2, 0.25) is 0 Å². The summed E-state index contributed by atoms with van der Waals surface area (Å²) in [6.07, 6.45) is 0.416. The minimum absolute atomic E-state index is 0.141. The molecule has 0 aliphatic carbocycles. The summed E-state index contributed by atoms with van der Waals surface area (Å²) in [5, 5.41) is 9.28. The van der Waals surface area contributed by atoms with E-state index >= 15 is 0 Å². The summed E-state index contributed by atoms with van der Waals surface area (Å²) in [5.41, 5.74) is 1.34. The topological polar surface area (TPSA) is 43.8 Å². The Balaban J connectivity index is 1.67. The summed E-state index contributed by atoms with van der Waals surface area (Å²) in [6.45, 7) is 5.76. The highest BCUT2D eigenvalue weighted by molar-refractivity contribution is 5.65. The molecule has 3 rings (SSSR count). The first-order valence-corrected chi connectivity index (χ1v) is 7.39. The molecule has 2 heterocycles. The maximum absolute atomic E-state index is 11.3. The first-order chi connectivity index (χ1) is 9.63. The number of hydrogen-bond donors (Lipinski definition) is 1. The van der Waals surface area contributed by atoms with Crippen molar-refractivity contribution in [2.24, 2.45) is 11.8 Å². The summed E-state index contributed by atoms with van der Waals surface area (Å²) in [6, 6.07) is 10.7. The fourth-order valence-corrected chi connectivity index (χ4v) is 3.75. The average Bonchev–Trinajstić information content (AvgIpc) is 2.43. The number of amides is 1. The summed E-state index contributed by atoms with van der Waals surface area (Å²) in [5.74, 6) is 0.965. The quantitative estimate of drug-likeness (QED) is 0.901. The van der Waals surface area contributed by atoms with Crippen molar-refractivity contribution in [3.8, 4) is 0 Å². The monoisotopic (exact) mass is 274 g/mol. The molecule has 1 aromatic rings. The van der Waals surface area contributed by atoms with Crippen LogP contribution in [0.1, 0.15) is 18.9 Å². The highest BCUT2D eigenvalue weighted by Gasteiger charge is 2.40. The lowest BCUT2D eigenvalue weighted by Gasteiger charge is -2.48. The van der Waals surface area contributed by atoms with Crippen LogP contribution in [-0.4, -0.2) is 46.7 Å². The maximum atomic E-state index is 11.3. The molecule has 0 aromatic heterocycles. The van der Waals surface area contributed by atoms with E-state index in [2.05, 4.69) is 36.1 Å². The molecule has 2 aliphatic heterocycles. The first-order valence-electron chi connectivity index (χ1n) is 7.39. The second kappa shape index (κ2) is 5.44. The van der Waals surface area contributed by atoms with Crippen molar-refractivity contribution in [1.29, 1.82) is 0 Å². The summed E-state index contributed by atoms with van der Waals surface area (Å²) in [7, 11) is 0. The zero-order valence-corrected chi connectivity index (χ0v) is 11.9. The lowest BCUT2D eigenvalue weighted by molar-refractivity contribution is -0.00235. The number of piperidine rings is 2. The van der Waals surface area contributed by atoms with Gasteiger partial charge in [0.05, 0.1) is 0 Å². The second-order valence-electron chi connectivity index (χ2n) is 6.22. The Labute approximate surface area is 120 Å². The largest absolute Gasteiger partial charge is 0.465 e. The number of carboxylic acid groups (broad SMARTS) is 1. The van der Waals surface area contributed by atoms with E-state index in [0.29, 0.717) is 18.4 Å². The molecule has 4 nitrogen and oxygen atoms in total. The Kier molecular flexibility index (Phi) is 3.66. The lowest BCUT2D eigenvalue weighted by atomic mass is 9.80. The SMILES string of the molecule is CC1C2CC(CN(Cc3ccccc3)C2)CN1C(=O)O. The first kappa shape index (κ1) is 13.4. The van der Waals surface area contributed by atoms with Crippen LogP contribution in [0, 0.1) is 11.8 Å². The standard InChI is InChI=1S/C16H22N2O2/c1-12-15-7-14(10-18(12)16(19)20)9-17(11-15)8-13-5-3-2-4-6-13/h2-6,12,14-15H,7-11H2,1H3,(H,19,20). The van der Waals surface area contributed by atoms with E-state index < -0.39 is 6.09 Å². The predicted octanol–water partition coefficient (Wildman–Crippen LogP) is 2.51. The van der Waals surface area contributed by atoms with E-state index in [1.807, 2.05) is 6.07 Å². The van der Waals surface area contributed by atoms with E-state index in [9.17, 15) is 9.90 Å². The van der Waals surface area contributed by atoms with Crippen molar-refractivity contribution in [3.63, 3.8) is 0 Å². The van der Waals surface area contributed by atoms with Crippen LogP contribution in [-0.2, 0) is 6.54 Å². The van der Waals surface area contributed by atoms with Gasteiger partial charge in [0, 0.05) is 32.2 Å². The van der Waals surface area contributed by atoms with Gasteiger partial charge in [-0.15, -0.1) is 0 Å². The summed E-state index contributed by atoms with van der Waals surface area (Å²) < 4.78 is 0.